The van der Waals surface area contributed by atoms with Crippen LogP contribution in [0.2, 0.25) is 0 Å². The van der Waals surface area contributed by atoms with E-state index in [9.17, 15) is 111 Å². The highest BCUT2D eigenvalue weighted by molar-refractivity contribution is 5.74. The normalized spacial score (nSPS) is 48.9. The smallest absolute Gasteiger partial charge is 0.217 e. The molecular formula is C49H83N3O35. The van der Waals surface area contributed by atoms with Crippen molar-refractivity contribution in [1.29, 1.82) is 0 Å². The van der Waals surface area contributed by atoms with Gasteiger partial charge in [0.1, 0.15) is 140 Å². The van der Waals surface area contributed by atoms with Crippen molar-refractivity contribution in [2.24, 2.45) is 5.92 Å². The molecule has 0 spiro atoms. The van der Waals surface area contributed by atoms with E-state index in [4.69, 9.17) is 61.6 Å². The molecule has 7 aliphatic heterocycles. The molecule has 35 atom stereocenters. The van der Waals surface area contributed by atoms with Crippen LogP contribution >= 0.6 is 0 Å². The quantitative estimate of drug-likeness (QED) is 0.0479. The second-order valence-electron chi connectivity index (χ2n) is 22.2. The van der Waals surface area contributed by atoms with Crippen molar-refractivity contribution < 1.29 is 173 Å². The molecule has 3 amide bonds. The topological polar surface area (TPSA) is 592 Å². The summed E-state index contributed by atoms with van der Waals surface area (Å²) in [5.74, 6) is -3.51. The minimum atomic E-state index is -2.40. The summed E-state index contributed by atoms with van der Waals surface area (Å²) in [6.07, 6.45) is -59.9. The average Bonchev–Trinajstić information content (AvgIpc) is 3.68. The van der Waals surface area contributed by atoms with Gasteiger partial charge in [-0.1, -0.05) is 0 Å². The van der Waals surface area contributed by atoms with Crippen LogP contribution in [0.5, 0.6) is 0 Å². The van der Waals surface area contributed by atoms with Crippen molar-refractivity contribution in [1.82, 2.24) is 16.0 Å². The Morgan fingerprint density at radius 3 is 1.23 bits per heavy atom. The molecule has 7 rings (SSSR count). The van der Waals surface area contributed by atoms with E-state index in [0.717, 1.165) is 20.8 Å². The summed E-state index contributed by atoms with van der Waals surface area (Å²) in [5.41, 5.74) is 0. The highest BCUT2D eigenvalue weighted by Crippen LogP contribution is 2.38. The van der Waals surface area contributed by atoms with Gasteiger partial charge in [-0.2, -0.15) is 0 Å². The minimum Gasteiger partial charge on any atom is -0.396 e. The van der Waals surface area contributed by atoms with E-state index < -0.39 is 279 Å². The number of rotatable bonds is 22. The van der Waals surface area contributed by atoms with Crippen molar-refractivity contribution >= 4 is 17.7 Å². The number of aliphatic hydroxyl groups excluding tert-OH is 19. The number of aliphatic hydroxyl groups is 19. The van der Waals surface area contributed by atoms with Crippen LogP contribution in [0.15, 0.2) is 0 Å². The highest BCUT2D eigenvalue weighted by Gasteiger charge is 2.59. The van der Waals surface area contributed by atoms with Gasteiger partial charge >= 0.3 is 0 Å². The molecule has 38 nitrogen and oxygen atoms in total. The van der Waals surface area contributed by atoms with Gasteiger partial charge in [-0.15, -0.1) is 0 Å². The summed E-state index contributed by atoms with van der Waals surface area (Å²) < 4.78 is 76.1. The third-order valence-corrected chi connectivity index (χ3v) is 16.1. The first kappa shape index (κ1) is 71.6. The van der Waals surface area contributed by atoms with Crippen LogP contribution in [0.1, 0.15) is 27.7 Å². The molecule has 23 unspecified atom stereocenters. The largest absolute Gasteiger partial charge is 0.396 e. The predicted octanol–water partition coefficient (Wildman–Crippen LogP) is -14.6. The Morgan fingerprint density at radius 2 is 0.736 bits per heavy atom. The maximum atomic E-state index is 12.7. The zero-order valence-electron chi connectivity index (χ0n) is 47.2. The monoisotopic (exact) mass is 1270 g/mol. The lowest BCUT2D eigenvalue weighted by molar-refractivity contribution is -0.398. The summed E-state index contributed by atoms with van der Waals surface area (Å²) in [7, 11) is 0. The maximum absolute atomic E-state index is 12.7. The summed E-state index contributed by atoms with van der Waals surface area (Å²) in [5, 5.41) is 215. The van der Waals surface area contributed by atoms with Gasteiger partial charge in [0.05, 0.1) is 70.6 Å². The fourth-order valence-corrected chi connectivity index (χ4v) is 11.4. The molecule has 7 aliphatic rings. The molecule has 0 saturated carbocycles. The van der Waals surface area contributed by atoms with E-state index in [-0.39, 0.29) is 0 Å². The van der Waals surface area contributed by atoms with Crippen molar-refractivity contribution in [2.75, 3.05) is 46.2 Å². The fourth-order valence-electron chi connectivity index (χ4n) is 11.4. The van der Waals surface area contributed by atoms with Crippen LogP contribution in [0, 0.1) is 5.92 Å². The molecule has 7 fully saturated rings. The van der Waals surface area contributed by atoms with Crippen LogP contribution in [0.4, 0.5) is 0 Å². The van der Waals surface area contributed by atoms with Gasteiger partial charge in [0.25, 0.3) is 0 Å². The zero-order valence-corrected chi connectivity index (χ0v) is 47.2. The summed E-state index contributed by atoms with van der Waals surface area (Å²) in [6.45, 7) is -1.89. The zero-order chi connectivity index (χ0) is 64.2. The van der Waals surface area contributed by atoms with E-state index in [1.54, 1.807) is 0 Å². The van der Waals surface area contributed by atoms with E-state index in [0.29, 0.717) is 0 Å². The third kappa shape index (κ3) is 15.8. The molecule has 22 N–H and O–H groups in total. The Hall–Kier alpha value is -2.87. The van der Waals surface area contributed by atoms with E-state index in [2.05, 4.69) is 16.0 Å². The molecule has 0 aromatic rings. The third-order valence-electron chi connectivity index (χ3n) is 16.1. The molecule has 0 aliphatic carbocycles. The van der Waals surface area contributed by atoms with Crippen LogP contribution in [-0.2, 0) is 76.0 Å². The summed E-state index contributed by atoms with van der Waals surface area (Å²) >= 11 is 0. The lowest BCUT2D eigenvalue weighted by Gasteiger charge is -2.51. The van der Waals surface area contributed by atoms with Crippen molar-refractivity contribution in [3.05, 3.63) is 0 Å². The Morgan fingerprint density at radius 1 is 0.333 bits per heavy atom. The first-order valence-corrected chi connectivity index (χ1v) is 27.9. The van der Waals surface area contributed by atoms with E-state index in [1.807, 2.05) is 0 Å². The number of carbonyl (C=O) groups is 3. The number of carbonyl (C=O) groups excluding carboxylic acids is 3. The standard InChI is InChI=1S/C49H83N3O35/c1-12-23(50-13(2)59)29(65)38(19(8-56)76-12)82-44-24(51-14(3)60)30(66)40(21(10-58)79-44)84-48-37(73)41(28(64)22(81-48)11-75-46-36(72)32(68)34(70)43(74)87-46)85-49-42(33(69)27(63)18(7-55)78-49)86-45-25(52-15(4)61)31(67)39(20(9-57)80-45)83-47-35(71)26(62)16(5-53)17(6-54)77-47/h12,16-49,53-58,62-74H,5-11H2,1-4H3,(H,50,59)(H,51,60)(H,52,61)/t12-,16-,17?,18?,19?,20?,21?,22?,23?,24?,25?,26?,27?,28+,29?,30?,31?,32?,33?,34-,35?,36?,37?,38+,39+,40+,41?,42?,43?,44-,45-,46-,47-,48-,49?/m0/s1. The predicted molar refractivity (Wildman–Crippen MR) is 270 cm³/mol. The van der Waals surface area contributed by atoms with Crippen LogP contribution in [-0.4, -0.2) is 370 Å². The second-order valence-corrected chi connectivity index (χ2v) is 22.2. The van der Waals surface area contributed by atoms with Gasteiger partial charge in [0.15, 0.2) is 44.0 Å². The Bertz CT molecular complexity index is 2190. The number of ether oxygens (including phenoxy) is 13. The first-order valence-electron chi connectivity index (χ1n) is 27.9. The SMILES string of the molecule is CC(=O)NC1C(O)[C@H](O[C@@H]2OC(CO[C@H]3OC(O)[C@@H](O)C(O)C3O)[C@@H](O)C(OC3OC(CO)C(O)C(O)C3O[C@@H]3OC(CO)[C@@H](O[C@@H]4OC(CO)[C@H](CO)C(O)C4O)C(O)C3NC(C)=O)C2O)C(CO)O[C@H]1O[C@@H]1C(CO)O[C@@H](C)C(NC(C)=O)C1O. The average molecular weight is 1270 g/mol. The Labute approximate surface area is 494 Å². The van der Waals surface area contributed by atoms with Gasteiger partial charge in [-0.25, -0.2) is 0 Å². The van der Waals surface area contributed by atoms with Gasteiger partial charge in [-0.05, 0) is 6.92 Å². The first-order chi connectivity index (χ1) is 41.1. The van der Waals surface area contributed by atoms with Gasteiger partial charge in [-0.3, -0.25) is 14.4 Å². The van der Waals surface area contributed by atoms with Crippen molar-refractivity contribution in [2.45, 2.75) is 236 Å². The van der Waals surface area contributed by atoms with Crippen LogP contribution in [0.25, 0.3) is 0 Å². The minimum absolute atomic E-state index is 0.583. The molecule has 7 saturated heterocycles. The number of nitrogens with one attached hydrogen (secondary N) is 3. The molecule has 0 radical (unpaired) electrons. The van der Waals surface area contributed by atoms with Crippen LogP contribution in [0.3, 0.4) is 0 Å². The molecule has 0 bridgehead atoms. The number of hydrogen-bond acceptors (Lipinski definition) is 35. The van der Waals surface area contributed by atoms with Crippen LogP contribution < -0.4 is 16.0 Å². The summed E-state index contributed by atoms with van der Waals surface area (Å²) in [6, 6.07) is -4.73. The molecule has 0 aromatic carbocycles. The van der Waals surface area contributed by atoms with Gasteiger partial charge in [0.2, 0.25) is 17.7 Å². The van der Waals surface area contributed by atoms with Gasteiger partial charge < -0.3 is 175 Å². The van der Waals surface area contributed by atoms with E-state index >= 15 is 0 Å². The molecule has 504 valence electrons. The molecule has 7 heterocycles. The molecule has 87 heavy (non-hydrogen) atoms. The molecular weight excluding hydrogens is 1190 g/mol. The van der Waals surface area contributed by atoms with Gasteiger partial charge in [0, 0.05) is 26.7 Å². The second kappa shape index (κ2) is 31.2. The Kier molecular flexibility index (Phi) is 25.6. The van der Waals surface area contributed by atoms with Crippen molar-refractivity contribution in [3.63, 3.8) is 0 Å². The molecule has 0 aromatic heterocycles. The lowest BCUT2D eigenvalue weighted by Crippen LogP contribution is -2.70. The number of hydrogen-bond donors (Lipinski definition) is 22. The van der Waals surface area contributed by atoms with E-state index in [1.165, 1.54) is 6.92 Å². The highest BCUT2D eigenvalue weighted by atomic mass is 16.8. The maximum Gasteiger partial charge on any atom is 0.217 e. The number of amides is 3. The van der Waals surface area contributed by atoms with Crippen molar-refractivity contribution in [3.8, 4) is 0 Å². The summed E-state index contributed by atoms with van der Waals surface area (Å²) in [4.78, 5) is 37.6. The molecule has 38 heteroatoms. The lowest BCUT2D eigenvalue weighted by atomic mass is 9.89. The fraction of sp³-hybridized carbons (Fsp3) is 0.939. The Balaban J connectivity index is 1.19.